The number of nitrogens with one attached hydrogen (secondary N) is 3. The van der Waals surface area contributed by atoms with Crippen molar-refractivity contribution in [3.05, 3.63) is 65.4 Å². The van der Waals surface area contributed by atoms with Gasteiger partial charge in [-0.2, -0.15) is 4.98 Å². The number of aromatic nitrogens is 2. The summed E-state index contributed by atoms with van der Waals surface area (Å²) in [5.74, 6) is 1.12. The van der Waals surface area contributed by atoms with Gasteiger partial charge >= 0.3 is 0 Å². The summed E-state index contributed by atoms with van der Waals surface area (Å²) < 4.78 is 0. The Bertz CT molecular complexity index is 1000. The lowest BCUT2D eigenvalue weighted by Gasteiger charge is -2.14. The normalized spacial score (nSPS) is 10.4. The van der Waals surface area contributed by atoms with Crippen molar-refractivity contribution in [2.24, 2.45) is 0 Å². The van der Waals surface area contributed by atoms with Crippen LogP contribution in [-0.2, 0) is 11.2 Å². The van der Waals surface area contributed by atoms with Gasteiger partial charge in [0, 0.05) is 35.7 Å². The van der Waals surface area contributed by atoms with E-state index in [1.54, 1.807) is 0 Å². The summed E-state index contributed by atoms with van der Waals surface area (Å²) in [7, 11) is 0. The van der Waals surface area contributed by atoms with Gasteiger partial charge in [-0.25, -0.2) is 4.98 Å². The zero-order chi connectivity index (χ0) is 20.1. The van der Waals surface area contributed by atoms with Crippen molar-refractivity contribution in [2.75, 3.05) is 16.0 Å². The van der Waals surface area contributed by atoms with Gasteiger partial charge in [0.05, 0.1) is 0 Å². The summed E-state index contributed by atoms with van der Waals surface area (Å²) in [6.45, 7) is 7.63. The van der Waals surface area contributed by atoms with E-state index in [2.05, 4.69) is 58.0 Å². The number of benzene rings is 2. The van der Waals surface area contributed by atoms with Crippen molar-refractivity contribution in [2.45, 2.75) is 34.1 Å². The summed E-state index contributed by atoms with van der Waals surface area (Å²) >= 11 is 0. The quantitative estimate of drug-likeness (QED) is 0.558. The minimum Gasteiger partial charge on any atom is -0.340 e. The number of carbonyl (C=O) groups excluding carboxylic acids is 1. The molecule has 1 aromatic heterocycles. The molecule has 0 aliphatic carbocycles. The van der Waals surface area contributed by atoms with Gasteiger partial charge in [0.1, 0.15) is 5.82 Å². The average Bonchev–Trinajstić information content (AvgIpc) is 2.62. The smallest absolute Gasteiger partial charge is 0.229 e. The molecule has 3 aromatic rings. The Balaban J connectivity index is 1.86. The second-order valence-electron chi connectivity index (χ2n) is 6.69. The number of nitrogens with zero attached hydrogens (tertiary/aromatic N) is 2. The van der Waals surface area contributed by atoms with Gasteiger partial charge in [0.2, 0.25) is 11.9 Å². The number of amides is 1. The monoisotopic (exact) mass is 375 g/mol. The van der Waals surface area contributed by atoms with Crippen LogP contribution in [0.5, 0.6) is 0 Å². The maximum atomic E-state index is 11.3. The molecule has 0 aliphatic rings. The van der Waals surface area contributed by atoms with Gasteiger partial charge in [-0.05, 0) is 49.6 Å². The van der Waals surface area contributed by atoms with Gasteiger partial charge < -0.3 is 16.0 Å². The molecule has 6 heteroatoms. The highest BCUT2D eigenvalue weighted by atomic mass is 16.1. The lowest BCUT2D eigenvalue weighted by molar-refractivity contribution is -0.114. The molecule has 28 heavy (non-hydrogen) atoms. The number of anilines is 5. The van der Waals surface area contributed by atoms with Crippen LogP contribution >= 0.6 is 0 Å². The second kappa shape index (κ2) is 8.52. The molecule has 0 unspecified atom stereocenters. The van der Waals surface area contributed by atoms with Crippen molar-refractivity contribution in [1.29, 1.82) is 0 Å². The van der Waals surface area contributed by atoms with Crippen LogP contribution in [0, 0.1) is 13.8 Å². The summed E-state index contributed by atoms with van der Waals surface area (Å²) in [4.78, 5) is 20.4. The Morgan fingerprint density at radius 2 is 1.71 bits per heavy atom. The summed E-state index contributed by atoms with van der Waals surface area (Å²) in [5, 5.41) is 9.44. The largest absolute Gasteiger partial charge is 0.340 e. The maximum Gasteiger partial charge on any atom is 0.229 e. The first-order chi connectivity index (χ1) is 13.4. The summed E-state index contributed by atoms with van der Waals surface area (Å²) in [6, 6.07) is 15.6. The molecule has 2 aromatic carbocycles. The van der Waals surface area contributed by atoms with Crippen molar-refractivity contribution in [3.8, 4) is 0 Å². The number of para-hydroxylation sites is 1. The van der Waals surface area contributed by atoms with Crippen molar-refractivity contribution >= 4 is 34.7 Å². The van der Waals surface area contributed by atoms with E-state index in [4.69, 9.17) is 0 Å². The first kappa shape index (κ1) is 19.4. The predicted molar refractivity (Wildman–Crippen MR) is 115 cm³/mol. The van der Waals surface area contributed by atoms with E-state index in [1.807, 2.05) is 37.3 Å². The van der Waals surface area contributed by atoms with E-state index in [-0.39, 0.29) is 5.91 Å². The van der Waals surface area contributed by atoms with Crippen LogP contribution in [0.3, 0.4) is 0 Å². The van der Waals surface area contributed by atoms with E-state index in [1.165, 1.54) is 12.5 Å². The van der Waals surface area contributed by atoms with Crippen LogP contribution < -0.4 is 16.0 Å². The number of hydrogen-bond acceptors (Lipinski definition) is 5. The van der Waals surface area contributed by atoms with E-state index in [0.29, 0.717) is 11.8 Å². The van der Waals surface area contributed by atoms with Crippen LogP contribution in [0.2, 0.25) is 0 Å². The average molecular weight is 375 g/mol. The molecule has 1 amide bonds. The van der Waals surface area contributed by atoms with Crippen LogP contribution in [0.25, 0.3) is 0 Å². The molecular weight excluding hydrogens is 350 g/mol. The predicted octanol–water partition coefficient (Wildman–Crippen LogP) is 5.10. The highest BCUT2D eigenvalue weighted by Crippen LogP contribution is 2.25. The highest BCUT2D eigenvalue weighted by molar-refractivity contribution is 5.89. The Morgan fingerprint density at radius 1 is 0.964 bits per heavy atom. The molecule has 0 aliphatic heterocycles. The molecule has 1 heterocycles. The van der Waals surface area contributed by atoms with Crippen LogP contribution in [0.4, 0.5) is 28.8 Å². The molecule has 3 N–H and O–H groups in total. The van der Waals surface area contributed by atoms with Crippen LogP contribution in [0.1, 0.15) is 30.7 Å². The first-order valence-electron chi connectivity index (χ1n) is 9.30. The molecule has 0 fully saturated rings. The fourth-order valence-corrected chi connectivity index (χ4v) is 3.03. The first-order valence-corrected chi connectivity index (χ1v) is 9.30. The van der Waals surface area contributed by atoms with Crippen LogP contribution in [-0.4, -0.2) is 15.9 Å². The van der Waals surface area contributed by atoms with Crippen LogP contribution in [0.15, 0.2) is 48.5 Å². The van der Waals surface area contributed by atoms with Crippen molar-refractivity contribution < 1.29 is 4.79 Å². The summed E-state index contributed by atoms with van der Waals surface area (Å²) in [6.07, 6.45) is 0.927. The zero-order valence-electron chi connectivity index (χ0n) is 16.6. The Morgan fingerprint density at radius 3 is 2.46 bits per heavy atom. The number of rotatable bonds is 6. The minimum absolute atomic E-state index is 0.105. The lowest BCUT2D eigenvalue weighted by Crippen LogP contribution is -2.06. The third-order valence-corrected chi connectivity index (χ3v) is 4.29. The van der Waals surface area contributed by atoms with E-state index >= 15 is 0 Å². The molecular formula is C22H25N5O. The number of aryl methyl sites for hydroxylation is 3. The molecule has 0 radical (unpaired) electrons. The highest BCUT2D eigenvalue weighted by Gasteiger charge is 2.09. The third kappa shape index (κ3) is 4.85. The second-order valence-corrected chi connectivity index (χ2v) is 6.69. The fourth-order valence-electron chi connectivity index (χ4n) is 3.03. The van der Waals surface area contributed by atoms with E-state index in [9.17, 15) is 4.79 Å². The topological polar surface area (TPSA) is 78.9 Å². The van der Waals surface area contributed by atoms with Gasteiger partial charge in [-0.3, -0.25) is 4.79 Å². The Labute approximate surface area is 165 Å². The van der Waals surface area contributed by atoms with Crippen molar-refractivity contribution in [1.82, 2.24) is 9.97 Å². The van der Waals surface area contributed by atoms with Gasteiger partial charge in [0.15, 0.2) is 0 Å². The van der Waals surface area contributed by atoms with E-state index in [0.717, 1.165) is 34.7 Å². The summed E-state index contributed by atoms with van der Waals surface area (Å²) in [5.41, 5.74) is 5.85. The number of hydrogen-bond donors (Lipinski definition) is 3. The van der Waals surface area contributed by atoms with Crippen molar-refractivity contribution in [3.63, 3.8) is 0 Å². The minimum atomic E-state index is -0.105. The molecule has 0 saturated carbocycles. The molecule has 0 saturated heterocycles. The molecule has 6 nitrogen and oxygen atoms in total. The number of carbonyl (C=O) groups is 1. The van der Waals surface area contributed by atoms with Gasteiger partial charge in [-0.15, -0.1) is 0 Å². The molecule has 3 rings (SSSR count). The molecule has 144 valence electrons. The Kier molecular flexibility index (Phi) is 5.89. The standard InChI is InChI=1S/C22H25N5O/c1-5-17-9-6-8-14(2)21(17)27-22-23-15(3)12-20(26-22)25-19-11-7-10-18(13-19)24-16(4)28/h6-13H,5H2,1-4H3,(H,24,28)(H2,23,25,26,27). The van der Waals surface area contributed by atoms with Gasteiger partial charge in [-0.1, -0.05) is 31.2 Å². The lowest BCUT2D eigenvalue weighted by atomic mass is 10.1. The SMILES string of the molecule is CCc1cccc(C)c1Nc1nc(C)cc(Nc2cccc(NC(C)=O)c2)n1. The molecule has 0 spiro atoms. The Hall–Kier alpha value is -3.41. The van der Waals surface area contributed by atoms with E-state index < -0.39 is 0 Å². The van der Waals surface area contributed by atoms with Gasteiger partial charge in [0.25, 0.3) is 0 Å². The third-order valence-electron chi connectivity index (χ3n) is 4.29. The molecule has 0 bridgehead atoms. The zero-order valence-corrected chi connectivity index (χ0v) is 16.6. The fraction of sp³-hybridized carbons (Fsp3) is 0.227. The molecule has 0 atom stereocenters. The maximum absolute atomic E-state index is 11.3.